The molecule has 26 heavy (non-hydrogen) atoms. The van der Waals surface area contributed by atoms with Gasteiger partial charge in [-0.2, -0.15) is 0 Å². The van der Waals surface area contributed by atoms with Gasteiger partial charge in [-0.25, -0.2) is 19.2 Å². The minimum atomic E-state index is -1.33. The molecular formula is C15H13Cl2F2N3O4. The van der Waals surface area contributed by atoms with Crippen molar-refractivity contribution in [3.05, 3.63) is 51.6 Å². The summed E-state index contributed by atoms with van der Waals surface area (Å²) in [6, 6.07) is 3.11. The van der Waals surface area contributed by atoms with E-state index < -0.39 is 42.5 Å². The van der Waals surface area contributed by atoms with Gasteiger partial charge in [0.1, 0.15) is 18.5 Å². The molecule has 4 N–H and O–H groups in total. The van der Waals surface area contributed by atoms with Crippen molar-refractivity contribution in [2.45, 2.75) is 6.10 Å². The van der Waals surface area contributed by atoms with Crippen LogP contribution in [0.3, 0.4) is 0 Å². The third-order valence-electron chi connectivity index (χ3n) is 3.04. The first-order chi connectivity index (χ1) is 12.3. The molecular weight excluding hydrogens is 395 g/mol. The van der Waals surface area contributed by atoms with Crippen LogP contribution in [0.1, 0.15) is 10.4 Å². The van der Waals surface area contributed by atoms with Crippen molar-refractivity contribution in [3.63, 3.8) is 0 Å². The normalized spacial score (nSPS) is 11.9. The molecule has 0 aliphatic heterocycles. The number of aliphatic hydroxyl groups is 2. The van der Waals surface area contributed by atoms with Crippen LogP contribution >= 0.6 is 23.2 Å². The molecule has 1 atom stereocenters. The Labute approximate surface area is 156 Å². The number of hydrogen-bond acceptors (Lipinski definition) is 6. The molecule has 0 saturated carbocycles. The van der Waals surface area contributed by atoms with Crippen molar-refractivity contribution in [2.75, 3.05) is 18.5 Å². The molecule has 0 aliphatic carbocycles. The van der Waals surface area contributed by atoms with Crippen LogP contribution in [0.4, 0.5) is 20.3 Å². The Morgan fingerprint density at radius 2 is 2.08 bits per heavy atom. The van der Waals surface area contributed by atoms with Crippen LogP contribution in [0.5, 0.6) is 0 Å². The summed E-state index contributed by atoms with van der Waals surface area (Å²) >= 11 is 11.7. The van der Waals surface area contributed by atoms with E-state index in [0.717, 1.165) is 12.1 Å². The Morgan fingerprint density at radius 3 is 2.73 bits per heavy atom. The molecule has 2 aromatic rings. The number of nitrogens with one attached hydrogen (secondary N) is 2. The summed E-state index contributed by atoms with van der Waals surface area (Å²) in [7, 11) is 0. The number of aliphatic hydroxyl groups excluding tert-OH is 2. The second-order valence-electron chi connectivity index (χ2n) is 4.97. The summed E-state index contributed by atoms with van der Waals surface area (Å²) in [5, 5.41) is 20.5. The number of pyridine rings is 1. The molecule has 0 fully saturated rings. The lowest BCUT2D eigenvalue weighted by atomic mass is 10.1. The number of hydrogen-bond donors (Lipinski definition) is 4. The Kier molecular flexibility index (Phi) is 7.06. The standard InChI is InChI=1S/C15H13Cl2F2N3O4/c16-7-3-10(17)14(20-4-7)21-13-9(1-2-11(18)12(13)19)15(25)22-26-6-8(24)5-23/h1-4,8,23-24H,5-6H2,(H,20,21)(H,22,25)/t8-/m1/s1. The Hall–Kier alpha value is -2.04. The zero-order chi connectivity index (χ0) is 19.3. The molecule has 0 unspecified atom stereocenters. The van der Waals surface area contributed by atoms with Gasteiger partial charge >= 0.3 is 0 Å². The van der Waals surface area contributed by atoms with Gasteiger partial charge in [0.2, 0.25) is 0 Å². The molecule has 0 saturated heterocycles. The molecule has 1 aromatic carbocycles. The van der Waals surface area contributed by atoms with Crippen molar-refractivity contribution in [1.29, 1.82) is 0 Å². The van der Waals surface area contributed by atoms with E-state index in [2.05, 4.69) is 10.3 Å². The van der Waals surface area contributed by atoms with Gasteiger partial charge in [-0.05, 0) is 18.2 Å². The highest BCUT2D eigenvalue weighted by atomic mass is 35.5. The molecule has 7 nitrogen and oxygen atoms in total. The van der Waals surface area contributed by atoms with Crippen LogP contribution in [-0.4, -0.2) is 40.4 Å². The summed E-state index contributed by atoms with van der Waals surface area (Å²) < 4.78 is 27.8. The van der Waals surface area contributed by atoms with Gasteiger partial charge in [-0.1, -0.05) is 23.2 Å². The molecule has 2 rings (SSSR count). The minimum absolute atomic E-state index is 0.0230. The van der Waals surface area contributed by atoms with Crippen LogP contribution in [0, 0.1) is 11.6 Å². The first-order valence-corrected chi connectivity index (χ1v) is 7.86. The lowest BCUT2D eigenvalue weighted by Gasteiger charge is -2.14. The average molecular weight is 408 g/mol. The van der Waals surface area contributed by atoms with Gasteiger partial charge in [0.05, 0.1) is 27.9 Å². The number of hydroxylamine groups is 1. The molecule has 1 amide bonds. The molecule has 0 radical (unpaired) electrons. The maximum absolute atomic E-state index is 14.2. The van der Waals surface area contributed by atoms with Crippen LogP contribution < -0.4 is 10.8 Å². The van der Waals surface area contributed by atoms with E-state index in [9.17, 15) is 13.6 Å². The molecule has 1 aromatic heterocycles. The monoisotopic (exact) mass is 407 g/mol. The highest BCUT2D eigenvalue weighted by molar-refractivity contribution is 6.36. The third-order valence-corrected chi connectivity index (χ3v) is 3.54. The fourth-order valence-electron chi connectivity index (χ4n) is 1.80. The fourth-order valence-corrected chi connectivity index (χ4v) is 2.23. The Balaban J connectivity index is 2.27. The van der Waals surface area contributed by atoms with Gasteiger partial charge in [0, 0.05) is 6.20 Å². The number of rotatable bonds is 7. The van der Waals surface area contributed by atoms with E-state index in [-0.39, 0.29) is 21.4 Å². The summed E-state index contributed by atoms with van der Waals surface area (Å²) in [6.45, 7) is -0.978. The van der Waals surface area contributed by atoms with E-state index in [1.54, 1.807) is 0 Å². The quantitative estimate of drug-likeness (QED) is 0.525. The Bertz CT molecular complexity index is 811. The van der Waals surface area contributed by atoms with E-state index in [1.807, 2.05) is 5.48 Å². The van der Waals surface area contributed by atoms with E-state index >= 15 is 0 Å². The van der Waals surface area contributed by atoms with Crippen molar-refractivity contribution in [2.24, 2.45) is 0 Å². The zero-order valence-corrected chi connectivity index (χ0v) is 14.5. The topological polar surface area (TPSA) is 104 Å². The number of carbonyl (C=O) groups is 1. The number of amides is 1. The number of benzene rings is 1. The van der Waals surface area contributed by atoms with E-state index in [0.29, 0.717) is 0 Å². The van der Waals surface area contributed by atoms with Crippen molar-refractivity contribution in [1.82, 2.24) is 10.5 Å². The van der Waals surface area contributed by atoms with Crippen molar-refractivity contribution < 1.29 is 28.6 Å². The molecule has 140 valence electrons. The van der Waals surface area contributed by atoms with Gasteiger partial charge < -0.3 is 15.5 Å². The second kappa shape index (κ2) is 9.06. The van der Waals surface area contributed by atoms with Gasteiger partial charge in [-0.3, -0.25) is 9.63 Å². The second-order valence-corrected chi connectivity index (χ2v) is 5.82. The highest BCUT2D eigenvalue weighted by Gasteiger charge is 2.20. The summed E-state index contributed by atoms with van der Waals surface area (Å²) in [5.74, 6) is -3.51. The lowest BCUT2D eigenvalue weighted by Crippen LogP contribution is -2.30. The van der Waals surface area contributed by atoms with Crippen molar-refractivity contribution in [3.8, 4) is 0 Å². The van der Waals surface area contributed by atoms with Crippen LogP contribution in [-0.2, 0) is 4.84 Å². The third kappa shape index (κ3) is 4.99. The molecule has 0 spiro atoms. The van der Waals surface area contributed by atoms with Crippen molar-refractivity contribution >= 4 is 40.6 Å². The van der Waals surface area contributed by atoms with Gasteiger partial charge in [-0.15, -0.1) is 0 Å². The zero-order valence-electron chi connectivity index (χ0n) is 13.0. The molecule has 0 bridgehead atoms. The number of nitrogens with zero attached hydrogens (tertiary/aromatic N) is 1. The van der Waals surface area contributed by atoms with E-state index in [1.165, 1.54) is 12.3 Å². The first-order valence-electron chi connectivity index (χ1n) is 7.10. The maximum Gasteiger partial charge on any atom is 0.277 e. The average Bonchev–Trinajstić information content (AvgIpc) is 2.60. The highest BCUT2D eigenvalue weighted by Crippen LogP contribution is 2.30. The summed E-state index contributed by atoms with van der Waals surface area (Å²) in [4.78, 5) is 20.7. The number of carbonyl (C=O) groups excluding carboxylic acids is 1. The maximum atomic E-state index is 14.2. The van der Waals surface area contributed by atoms with Gasteiger partial charge in [0.15, 0.2) is 11.6 Å². The van der Waals surface area contributed by atoms with Gasteiger partial charge in [0.25, 0.3) is 5.91 Å². The predicted octanol–water partition coefficient (Wildman–Crippen LogP) is 2.42. The number of aromatic nitrogens is 1. The summed E-state index contributed by atoms with van der Waals surface area (Å²) in [6.07, 6.45) is 0.0152. The number of halogens is 4. The molecule has 0 aliphatic rings. The molecule has 1 heterocycles. The SMILES string of the molecule is O=C(NOC[C@H](O)CO)c1ccc(F)c(F)c1Nc1ncc(Cl)cc1Cl. The minimum Gasteiger partial charge on any atom is -0.394 e. The lowest BCUT2D eigenvalue weighted by molar-refractivity contribution is -0.0295. The van der Waals surface area contributed by atoms with Crippen LogP contribution in [0.15, 0.2) is 24.4 Å². The summed E-state index contributed by atoms with van der Waals surface area (Å²) in [5.41, 5.74) is 1.11. The van der Waals surface area contributed by atoms with Crippen LogP contribution in [0.2, 0.25) is 10.0 Å². The first kappa shape index (κ1) is 20.3. The predicted molar refractivity (Wildman–Crippen MR) is 90.4 cm³/mol. The Morgan fingerprint density at radius 1 is 1.35 bits per heavy atom. The smallest absolute Gasteiger partial charge is 0.277 e. The largest absolute Gasteiger partial charge is 0.394 e. The van der Waals surface area contributed by atoms with E-state index in [4.69, 9.17) is 38.3 Å². The van der Waals surface area contributed by atoms with Crippen LogP contribution in [0.25, 0.3) is 0 Å². The number of anilines is 2. The molecule has 11 heteroatoms. The fraction of sp³-hybridized carbons (Fsp3) is 0.200.